The van der Waals surface area contributed by atoms with E-state index in [4.69, 9.17) is 4.98 Å². The number of fused-ring (bicyclic) bond motifs is 1. The van der Waals surface area contributed by atoms with Crippen molar-refractivity contribution in [1.82, 2.24) is 24.5 Å². The lowest BCUT2D eigenvalue weighted by Crippen LogP contribution is -2.44. The average Bonchev–Trinajstić information content (AvgIpc) is 3.40. The van der Waals surface area contributed by atoms with E-state index in [1.807, 2.05) is 25.5 Å². The van der Waals surface area contributed by atoms with Crippen molar-refractivity contribution in [3.05, 3.63) is 53.6 Å². The second kappa shape index (κ2) is 7.52. The Labute approximate surface area is 178 Å². The highest BCUT2D eigenvalue weighted by molar-refractivity contribution is 7.15. The second-order valence-electron chi connectivity index (χ2n) is 7.54. The maximum absolute atomic E-state index is 9.58. The Morgan fingerprint density at radius 3 is 2.53 bits per heavy atom. The first-order valence-electron chi connectivity index (χ1n) is 9.86. The standard InChI is InChI=1S/C22H21N7S/c1-15-24-13-20(30-15)17-9-19(22-18(10-23)12-26-29(22)14-17)16-3-4-21(25-11-16)28-7-5-27(2)6-8-28/h3-4,9,11-14H,5-8H2,1-2H3. The molecule has 0 radical (unpaired) electrons. The smallest absolute Gasteiger partial charge is 0.128 e. The van der Waals surface area contributed by atoms with E-state index in [0.29, 0.717) is 5.56 Å². The molecule has 4 aromatic heterocycles. The first-order chi connectivity index (χ1) is 14.6. The van der Waals surface area contributed by atoms with Crippen LogP contribution in [0.5, 0.6) is 0 Å². The predicted molar refractivity (Wildman–Crippen MR) is 119 cm³/mol. The van der Waals surface area contributed by atoms with E-state index in [-0.39, 0.29) is 0 Å². The quantitative estimate of drug-likeness (QED) is 0.510. The van der Waals surface area contributed by atoms with Gasteiger partial charge in [-0.2, -0.15) is 10.4 Å². The summed E-state index contributed by atoms with van der Waals surface area (Å²) in [5, 5.41) is 15.0. The van der Waals surface area contributed by atoms with Crippen LogP contribution in [0.2, 0.25) is 0 Å². The van der Waals surface area contributed by atoms with Crippen molar-refractivity contribution in [1.29, 1.82) is 5.26 Å². The molecule has 0 amide bonds. The molecule has 1 aliphatic rings. The van der Waals surface area contributed by atoms with Crippen molar-refractivity contribution in [3.63, 3.8) is 0 Å². The monoisotopic (exact) mass is 415 g/mol. The Bertz CT molecular complexity index is 1240. The molecule has 5 rings (SSSR count). The number of anilines is 1. The lowest BCUT2D eigenvalue weighted by molar-refractivity contribution is 0.312. The van der Waals surface area contributed by atoms with E-state index >= 15 is 0 Å². The summed E-state index contributed by atoms with van der Waals surface area (Å²) in [6.45, 7) is 6.04. The molecule has 0 saturated carbocycles. The molecule has 0 N–H and O–H groups in total. The molecule has 1 fully saturated rings. The summed E-state index contributed by atoms with van der Waals surface area (Å²) in [6.07, 6.45) is 7.36. The highest BCUT2D eigenvalue weighted by atomic mass is 32.1. The van der Waals surface area contributed by atoms with E-state index in [0.717, 1.165) is 64.1 Å². The molecule has 0 unspecified atom stereocenters. The predicted octanol–water partition coefficient (Wildman–Crippen LogP) is 3.45. The minimum atomic E-state index is 0.556. The van der Waals surface area contributed by atoms with E-state index in [1.54, 1.807) is 22.0 Å². The van der Waals surface area contributed by atoms with Gasteiger partial charge in [0.2, 0.25) is 0 Å². The average molecular weight is 416 g/mol. The lowest BCUT2D eigenvalue weighted by atomic mass is 10.0. The van der Waals surface area contributed by atoms with Gasteiger partial charge in [-0.05, 0) is 32.2 Å². The third-order valence-electron chi connectivity index (χ3n) is 5.52. The van der Waals surface area contributed by atoms with Crippen molar-refractivity contribution in [3.8, 4) is 27.6 Å². The minimum absolute atomic E-state index is 0.556. The Hall–Kier alpha value is -3.28. The molecule has 0 atom stereocenters. The Morgan fingerprint density at radius 1 is 1.03 bits per heavy atom. The molecule has 30 heavy (non-hydrogen) atoms. The van der Waals surface area contributed by atoms with Crippen molar-refractivity contribution < 1.29 is 0 Å². The van der Waals surface area contributed by atoms with Crippen LogP contribution in [0.25, 0.3) is 27.1 Å². The van der Waals surface area contributed by atoms with Gasteiger partial charge in [0.25, 0.3) is 0 Å². The van der Waals surface area contributed by atoms with Crippen LogP contribution in [0, 0.1) is 18.3 Å². The van der Waals surface area contributed by atoms with Crippen LogP contribution in [0.1, 0.15) is 10.6 Å². The second-order valence-corrected chi connectivity index (χ2v) is 8.78. The van der Waals surface area contributed by atoms with Crippen LogP contribution in [0.4, 0.5) is 5.82 Å². The number of nitriles is 1. The molecule has 8 heteroatoms. The lowest BCUT2D eigenvalue weighted by Gasteiger charge is -2.33. The Kier molecular flexibility index (Phi) is 4.69. The molecule has 0 aliphatic carbocycles. The number of likely N-dealkylation sites (N-methyl/N-ethyl adjacent to an activating group) is 1. The zero-order valence-corrected chi connectivity index (χ0v) is 17.7. The summed E-state index contributed by atoms with van der Waals surface area (Å²) in [7, 11) is 2.15. The van der Waals surface area contributed by atoms with Crippen molar-refractivity contribution >= 4 is 22.7 Å². The van der Waals surface area contributed by atoms with Gasteiger partial charge in [-0.1, -0.05) is 0 Å². The maximum atomic E-state index is 9.58. The summed E-state index contributed by atoms with van der Waals surface area (Å²) in [5.41, 5.74) is 4.30. The van der Waals surface area contributed by atoms with Crippen molar-refractivity contribution in [2.75, 3.05) is 38.1 Å². The number of nitrogens with zero attached hydrogens (tertiary/aromatic N) is 7. The number of hydrogen-bond donors (Lipinski definition) is 0. The summed E-state index contributed by atoms with van der Waals surface area (Å²) in [4.78, 5) is 14.8. The van der Waals surface area contributed by atoms with Gasteiger partial charge in [0, 0.05) is 61.5 Å². The van der Waals surface area contributed by atoms with Gasteiger partial charge in [0.05, 0.1) is 27.2 Å². The van der Waals surface area contributed by atoms with Crippen LogP contribution in [-0.4, -0.2) is 57.7 Å². The molecule has 150 valence electrons. The molecule has 0 spiro atoms. The summed E-state index contributed by atoms with van der Waals surface area (Å²) in [6, 6.07) is 8.53. The molecule has 0 bridgehead atoms. The zero-order valence-electron chi connectivity index (χ0n) is 16.9. The van der Waals surface area contributed by atoms with Gasteiger partial charge in [0.1, 0.15) is 11.9 Å². The SMILES string of the molecule is Cc1ncc(-c2cc(-c3ccc(N4CCN(C)CC4)nc3)c3c(C#N)cnn3c2)s1. The number of aromatic nitrogens is 4. The van der Waals surface area contributed by atoms with E-state index in [9.17, 15) is 5.26 Å². The maximum Gasteiger partial charge on any atom is 0.128 e. The van der Waals surface area contributed by atoms with Crippen LogP contribution < -0.4 is 4.90 Å². The topological polar surface area (TPSA) is 73.3 Å². The zero-order chi connectivity index (χ0) is 20.7. The number of thiazole rings is 1. The van der Waals surface area contributed by atoms with Gasteiger partial charge in [-0.3, -0.25) is 0 Å². The van der Waals surface area contributed by atoms with E-state index in [2.05, 4.69) is 51.2 Å². The first kappa shape index (κ1) is 18.7. The number of rotatable bonds is 3. The molecule has 7 nitrogen and oxygen atoms in total. The summed E-state index contributed by atoms with van der Waals surface area (Å²) in [5.74, 6) is 0.992. The van der Waals surface area contributed by atoms with Gasteiger partial charge < -0.3 is 9.80 Å². The normalized spacial score (nSPS) is 14.9. The molecule has 0 aromatic carbocycles. The molecule has 1 aliphatic heterocycles. The Morgan fingerprint density at radius 2 is 1.87 bits per heavy atom. The third-order valence-corrected chi connectivity index (χ3v) is 6.49. The van der Waals surface area contributed by atoms with E-state index in [1.165, 1.54) is 0 Å². The highest BCUT2D eigenvalue weighted by Crippen LogP contribution is 2.34. The molecule has 5 heterocycles. The first-order valence-corrected chi connectivity index (χ1v) is 10.7. The summed E-state index contributed by atoms with van der Waals surface area (Å²) >= 11 is 1.64. The highest BCUT2D eigenvalue weighted by Gasteiger charge is 2.17. The van der Waals surface area contributed by atoms with E-state index < -0.39 is 0 Å². The third kappa shape index (κ3) is 3.32. The van der Waals surface area contributed by atoms with Crippen LogP contribution in [0.15, 0.2) is 43.0 Å². The number of aryl methyl sites for hydroxylation is 1. The fraction of sp³-hybridized carbons (Fsp3) is 0.273. The molecule has 1 saturated heterocycles. The largest absolute Gasteiger partial charge is 0.354 e. The van der Waals surface area contributed by atoms with Gasteiger partial charge >= 0.3 is 0 Å². The van der Waals surface area contributed by atoms with Crippen molar-refractivity contribution in [2.24, 2.45) is 0 Å². The van der Waals surface area contributed by atoms with Crippen molar-refractivity contribution in [2.45, 2.75) is 6.92 Å². The molecular formula is C22H21N7S. The van der Waals surface area contributed by atoms with Gasteiger partial charge in [-0.25, -0.2) is 14.5 Å². The summed E-state index contributed by atoms with van der Waals surface area (Å²) < 4.78 is 1.78. The van der Waals surface area contributed by atoms with Crippen LogP contribution >= 0.6 is 11.3 Å². The number of piperazine rings is 1. The van der Waals surface area contributed by atoms with Crippen LogP contribution in [-0.2, 0) is 0 Å². The Balaban J connectivity index is 1.58. The minimum Gasteiger partial charge on any atom is -0.354 e. The fourth-order valence-electron chi connectivity index (χ4n) is 3.82. The molecular weight excluding hydrogens is 394 g/mol. The van der Waals surface area contributed by atoms with Crippen LogP contribution in [0.3, 0.4) is 0 Å². The molecule has 4 aromatic rings. The van der Waals surface area contributed by atoms with Gasteiger partial charge in [-0.15, -0.1) is 11.3 Å². The number of pyridine rings is 2. The van der Waals surface area contributed by atoms with Gasteiger partial charge in [0.15, 0.2) is 0 Å². The fourth-order valence-corrected chi connectivity index (χ4v) is 4.58. The number of hydrogen-bond acceptors (Lipinski definition) is 7.